The number of rotatable bonds is 4. The monoisotopic (exact) mass is 345 g/mol. The van der Waals surface area contributed by atoms with Crippen molar-refractivity contribution >= 4 is 44.6 Å². The Morgan fingerprint density at radius 1 is 1.44 bits per heavy atom. The summed E-state index contributed by atoms with van der Waals surface area (Å²) in [5.41, 5.74) is 2.18. The third-order valence-corrected chi connectivity index (χ3v) is 5.14. The van der Waals surface area contributed by atoms with Crippen LogP contribution < -0.4 is 5.32 Å². The van der Waals surface area contributed by atoms with Crippen LogP contribution in [0.4, 0.5) is 5.69 Å². The molecule has 0 radical (unpaired) electrons. The van der Waals surface area contributed by atoms with Gasteiger partial charge in [0.15, 0.2) is 0 Å². The number of aryl methyl sites for hydroxylation is 1. The van der Waals surface area contributed by atoms with Gasteiger partial charge >= 0.3 is 0 Å². The first kappa shape index (κ1) is 13.9. The van der Waals surface area contributed by atoms with Crippen molar-refractivity contribution in [2.75, 3.05) is 11.9 Å². The summed E-state index contributed by atoms with van der Waals surface area (Å²) in [7, 11) is 0. The zero-order valence-electron chi connectivity index (χ0n) is 9.78. The standard InChI is InChI=1S/C13H13BrClNOS/c1-8-3-2-4-9(5-8)16-11(7-17)12-6-10(14)13(15)18-12/h2-6,11,16-17H,7H2,1H3. The number of aliphatic hydroxyl groups excluding tert-OH is 1. The molecule has 1 heterocycles. The highest BCUT2D eigenvalue weighted by atomic mass is 79.9. The Balaban J connectivity index is 2.19. The molecule has 1 atom stereocenters. The van der Waals surface area contributed by atoms with Gasteiger partial charge in [-0.15, -0.1) is 11.3 Å². The van der Waals surface area contributed by atoms with E-state index < -0.39 is 0 Å². The van der Waals surface area contributed by atoms with Gasteiger partial charge in [-0.3, -0.25) is 0 Å². The minimum absolute atomic E-state index is 0.0250. The van der Waals surface area contributed by atoms with Gasteiger partial charge < -0.3 is 10.4 Å². The van der Waals surface area contributed by atoms with E-state index in [1.54, 1.807) is 0 Å². The number of aliphatic hydroxyl groups is 1. The smallest absolute Gasteiger partial charge is 0.107 e. The van der Waals surface area contributed by atoms with E-state index >= 15 is 0 Å². The van der Waals surface area contributed by atoms with Crippen molar-refractivity contribution in [3.8, 4) is 0 Å². The molecule has 18 heavy (non-hydrogen) atoms. The van der Waals surface area contributed by atoms with E-state index in [2.05, 4.69) is 21.2 Å². The van der Waals surface area contributed by atoms with E-state index in [1.807, 2.05) is 37.3 Å². The van der Waals surface area contributed by atoms with Crippen LogP contribution in [0.1, 0.15) is 16.5 Å². The summed E-state index contributed by atoms with van der Waals surface area (Å²) >= 11 is 10.9. The maximum absolute atomic E-state index is 9.50. The summed E-state index contributed by atoms with van der Waals surface area (Å²) in [6, 6.07) is 9.87. The first-order valence-electron chi connectivity index (χ1n) is 5.49. The van der Waals surface area contributed by atoms with Gasteiger partial charge in [-0.25, -0.2) is 0 Å². The zero-order chi connectivity index (χ0) is 13.1. The van der Waals surface area contributed by atoms with Crippen molar-refractivity contribution in [2.45, 2.75) is 13.0 Å². The lowest BCUT2D eigenvalue weighted by Gasteiger charge is -2.16. The van der Waals surface area contributed by atoms with E-state index in [0.29, 0.717) is 4.34 Å². The van der Waals surface area contributed by atoms with E-state index in [0.717, 1.165) is 15.0 Å². The predicted molar refractivity (Wildman–Crippen MR) is 81.7 cm³/mol. The molecule has 2 N–H and O–H groups in total. The lowest BCUT2D eigenvalue weighted by Crippen LogP contribution is -2.13. The Morgan fingerprint density at radius 2 is 2.22 bits per heavy atom. The Kier molecular flexibility index (Phi) is 4.67. The van der Waals surface area contributed by atoms with E-state index in [9.17, 15) is 5.11 Å². The first-order chi connectivity index (χ1) is 8.60. The Hall–Kier alpha value is -0.550. The van der Waals surface area contributed by atoms with Crippen molar-refractivity contribution in [3.05, 3.63) is 49.6 Å². The molecule has 1 aromatic heterocycles. The maximum Gasteiger partial charge on any atom is 0.107 e. The minimum Gasteiger partial charge on any atom is -0.394 e. The minimum atomic E-state index is -0.138. The SMILES string of the molecule is Cc1cccc(NC(CO)c2cc(Br)c(Cl)s2)c1. The van der Waals surface area contributed by atoms with E-state index in [1.165, 1.54) is 16.9 Å². The number of halogens is 2. The summed E-state index contributed by atoms with van der Waals surface area (Å²) in [5, 5.41) is 12.8. The summed E-state index contributed by atoms with van der Waals surface area (Å²) in [6.45, 7) is 2.06. The molecule has 0 amide bonds. The molecule has 0 saturated heterocycles. The molecule has 2 rings (SSSR count). The van der Waals surface area contributed by atoms with Crippen LogP contribution in [0.5, 0.6) is 0 Å². The van der Waals surface area contributed by atoms with Crippen molar-refractivity contribution in [3.63, 3.8) is 0 Å². The Bertz CT molecular complexity index is 524. The molecule has 96 valence electrons. The average molecular weight is 347 g/mol. The van der Waals surface area contributed by atoms with Gasteiger partial charge in [0.1, 0.15) is 4.34 Å². The number of anilines is 1. The largest absolute Gasteiger partial charge is 0.394 e. The second kappa shape index (κ2) is 6.06. The maximum atomic E-state index is 9.50. The van der Waals surface area contributed by atoms with Gasteiger partial charge in [0.05, 0.1) is 12.6 Å². The molecule has 0 spiro atoms. The number of benzene rings is 1. The molecule has 0 aliphatic rings. The van der Waals surface area contributed by atoms with Gasteiger partial charge in [0.2, 0.25) is 0 Å². The normalized spacial score (nSPS) is 12.4. The van der Waals surface area contributed by atoms with Crippen LogP contribution in [0.3, 0.4) is 0 Å². The molecule has 5 heteroatoms. The number of hydrogen-bond acceptors (Lipinski definition) is 3. The topological polar surface area (TPSA) is 32.3 Å². The average Bonchev–Trinajstić information content (AvgIpc) is 2.66. The van der Waals surface area contributed by atoms with Crippen molar-refractivity contribution in [1.82, 2.24) is 0 Å². The summed E-state index contributed by atoms with van der Waals surface area (Å²) in [6.07, 6.45) is 0. The fourth-order valence-corrected chi connectivity index (χ4v) is 3.46. The molecule has 2 aromatic rings. The summed E-state index contributed by atoms with van der Waals surface area (Å²) in [5.74, 6) is 0. The highest BCUT2D eigenvalue weighted by Crippen LogP contribution is 2.36. The second-order valence-electron chi connectivity index (χ2n) is 4.02. The van der Waals surface area contributed by atoms with Gasteiger partial charge in [0.25, 0.3) is 0 Å². The van der Waals surface area contributed by atoms with Crippen LogP contribution >= 0.6 is 38.9 Å². The van der Waals surface area contributed by atoms with E-state index in [4.69, 9.17) is 11.6 Å². The second-order valence-corrected chi connectivity index (χ2v) is 6.56. The van der Waals surface area contributed by atoms with Gasteiger partial charge in [0, 0.05) is 15.0 Å². The van der Waals surface area contributed by atoms with Crippen molar-refractivity contribution < 1.29 is 5.11 Å². The first-order valence-corrected chi connectivity index (χ1v) is 7.47. The molecule has 0 saturated carbocycles. The highest BCUT2D eigenvalue weighted by molar-refractivity contribution is 9.10. The molecule has 1 unspecified atom stereocenters. The third-order valence-electron chi connectivity index (χ3n) is 2.55. The van der Waals surface area contributed by atoms with Gasteiger partial charge in [-0.1, -0.05) is 23.7 Å². The predicted octanol–water partition coefficient (Wildman–Crippen LogP) is 4.62. The summed E-state index contributed by atoms with van der Waals surface area (Å²) in [4.78, 5) is 1.01. The third kappa shape index (κ3) is 3.26. The van der Waals surface area contributed by atoms with Crippen LogP contribution in [0, 0.1) is 6.92 Å². The number of nitrogens with one attached hydrogen (secondary N) is 1. The number of thiophene rings is 1. The zero-order valence-corrected chi connectivity index (χ0v) is 12.9. The molecule has 0 aliphatic carbocycles. The number of hydrogen-bond donors (Lipinski definition) is 2. The van der Waals surface area contributed by atoms with Gasteiger partial charge in [-0.05, 0) is 46.6 Å². The van der Waals surface area contributed by atoms with E-state index in [-0.39, 0.29) is 12.6 Å². The lowest BCUT2D eigenvalue weighted by atomic mass is 10.2. The lowest BCUT2D eigenvalue weighted by molar-refractivity contribution is 0.277. The Morgan fingerprint density at radius 3 is 2.78 bits per heavy atom. The molecular formula is C13H13BrClNOS. The molecule has 0 aliphatic heterocycles. The Labute approximate surface area is 124 Å². The molecule has 2 nitrogen and oxygen atoms in total. The quantitative estimate of drug-likeness (QED) is 0.847. The molecule has 0 fully saturated rings. The van der Waals surface area contributed by atoms with Crippen LogP contribution in [0.15, 0.2) is 34.8 Å². The van der Waals surface area contributed by atoms with Gasteiger partial charge in [-0.2, -0.15) is 0 Å². The fourth-order valence-electron chi connectivity index (χ4n) is 1.68. The van der Waals surface area contributed by atoms with Crippen LogP contribution in [-0.4, -0.2) is 11.7 Å². The molecule has 1 aromatic carbocycles. The van der Waals surface area contributed by atoms with Crippen molar-refractivity contribution in [2.24, 2.45) is 0 Å². The molecular weight excluding hydrogens is 334 g/mol. The van der Waals surface area contributed by atoms with Crippen LogP contribution in [-0.2, 0) is 0 Å². The summed E-state index contributed by atoms with van der Waals surface area (Å²) < 4.78 is 1.57. The highest BCUT2D eigenvalue weighted by Gasteiger charge is 2.15. The van der Waals surface area contributed by atoms with Crippen LogP contribution in [0.25, 0.3) is 0 Å². The fraction of sp³-hybridized carbons (Fsp3) is 0.231. The molecule has 0 bridgehead atoms. The van der Waals surface area contributed by atoms with Crippen LogP contribution in [0.2, 0.25) is 4.34 Å². The van der Waals surface area contributed by atoms with Crippen molar-refractivity contribution in [1.29, 1.82) is 0 Å².